The number of carbonyl (C=O) groups is 1. The van der Waals surface area contributed by atoms with Crippen LogP contribution < -0.4 is 0 Å². The van der Waals surface area contributed by atoms with Gasteiger partial charge in [0.25, 0.3) is 0 Å². The lowest BCUT2D eigenvalue weighted by atomic mass is 9.92. The van der Waals surface area contributed by atoms with Crippen molar-refractivity contribution in [2.45, 2.75) is 76.2 Å². The maximum absolute atomic E-state index is 11.0. The lowest BCUT2D eigenvalue weighted by molar-refractivity contribution is -0.136. The van der Waals surface area contributed by atoms with Gasteiger partial charge in [0.05, 0.1) is 18.8 Å². The number of hydrogen-bond donors (Lipinski definition) is 2. The molecule has 0 spiro atoms. The largest absolute Gasteiger partial charge is 0.481 e. The number of aliphatic hydroxyl groups excluding tert-OH is 1. The number of piperidine rings is 1. The summed E-state index contributed by atoms with van der Waals surface area (Å²) in [5, 5.41) is 19.9. The van der Waals surface area contributed by atoms with Crippen LogP contribution in [0.1, 0.15) is 56.9 Å². The summed E-state index contributed by atoms with van der Waals surface area (Å²) in [6.45, 7) is 2.66. The quantitative estimate of drug-likeness (QED) is 0.408. The van der Waals surface area contributed by atoms with Gasteiger partial charge in [-0.05, 0) is 61.9 Å². The predicted octanol–water partition coefficient (Wildman–Crippen LogP) is 5.68. The first kappa shape index (κ1) is 25.6. The molecule has 4 atom stereocenters. The summed E-state index contributed by atoms with van der Waals surface area (Å²) in [7, 11) is 0. The third-order valence-electron chi connectivity index (χ3n) is 7.48. The number of rotatable bonds is 11. The topological polar surface area (TPSA) is 70.0 Å². The van der Waals surface area contributed by atoms with E-state index < -0.39 is 5.97 Å². The molecule has 0 radical (unpaired) electrons. The first-order valence-corrected chi connectivity index (χ1v) is 13.2. The summed E-state index contributed by atoms with van der Waals surface area (Å²) < 4.78 is 6.46. The molecule has 4 rings (SSSR count). The number of hydrogen-bond acceptors (Lipinski definition) is 4. The lowest BCUT2D eigenvalue weighted by Gasteiger charge is -2.38. The summed E-state index contributed by atoms with van der Waals surface area (Å²) in [5.74, 6) is -0.486. The average Bonchev–Trinajstić information content (AvgIpc) is 3.20. The molecule has 2 fully saturated rings. The average molecular weight is 478 g/mol. The minimum absolute atomic E-state index is 0.0261. The Morgan fingerprint density at radius 1 is 0.943 bits per heavy atom. The molecule has 1 aliphatic heterocycles. The van der Waals surface area contributed by atoms with E-state index in [-0.39, 0.29) is 30.6 Å². The van der Waals surface area contributed by atoms with E-state index in [1.165, 1.54) is 30.4 Å². The zero-order chi connectivity index (χ0) is 24.5. The molecular weight excluding hydrogens is 438 g/mol. The molecule has 2 N–H and O–H groups in total. The van der Waals surface area contributed by atoms with E-state index in [1.807, 2.05) is 12.1 Å². The Labute approximate surface area is 209 Å². The van der Waals surface area contributed by atoms with Gasteiger partial charge in [0.15, 0.2) is 0 Å². The Morgan fingerprint density at radius 2 is 1.63 bits per heavy atom. The number of nitrogens with zero attached hydrogens (tertiary/aromatic N) is 1. The van der Waals surface area contributed by atoms with Crippen LogP contribution in [-0.2, 0) is 16.1 Å². The molecule has 35 heavy (non-hydrogen) atoms. The maximum Gasteiger partial charge on any atom is 0.303 e. The van der Waals surface area contributed by atoms with Crippen molar-refractivity contribution in [3.05, 3.63) is 72.3 Å². The zero-order valence-corrected chi connectivity index (χ0v) is 20.6. The van der Waals surface area contributed by atoms with Gasteiger partial charge in [0.2, 0.25) is 0 Å². The molecule has 2 aromatic rings. The highest BCUT2D eigenvalue weighted by molar-refractivity contribution is 5.66. The molecule has 1 aliphatic carbocycles. The molecular formula is C30H39NO4. The molecule has 1 saturated heterocycles. The molecule has 1 heterocycles. The van der Waals surface area contributed by atoms with Crippen molar-refractivity contribution in [1.82, 2.24) is 4.90 Å². The number of benzene rings is 2. The minimum atomic E-state index is -0.760. The molecule has 2 aromatic carbocycles. The Balaban J connectivity index is 1.37. The summed E-state index contributed by atoms with van der Waals surface area (Å²) >= 11 is 0. The van der Waals surface area contributed by atoms with Crippen LogP contribution in [0, 0.1) is 5.92 Å². The normalized spacial score (nSPS) is 25.3. The lowest BCUT2D eigenvalue weighted by Crippen LogP contribution is -2.47. The van der Waals surface area contributed by atoms with E-state index in [0.717, 1.165) is 31.5 Å². The van der Waals surface area contributed by atoms with Crippen LogP contribution in [-0.4, -0.2) is 52.4 Å². The van der Waals surface area contributed by atoms with Gasteiger partial charge in [-0.25, -0.2) is 0 Å². The van der Waals surface area contributed by atoms with Crippen LogP contribution >= 0.6 is 0 Å². The summed E-state index contributed by atoms with van der Waals surface area (Å²) in [6.07, 6.45) is 10.6. The van der Waals surface area contributed by atoms with Crippen molar-refractivity contribution in [2.75, 3.05) is 13.1 Å². The van der Waals surface area contributed by atoms with Crippen LogP contribution in [0.3, 0.4) is 0 Å². The van der Waals surface area contributed by atoms with Crippen LogP contribution in [0.15, 0.2) is 66.7 Å². The van der Waals surface area contributed by atoms with Gasteiger partial charge in [-0.3, -0.25) is 9.69 Å². The fourth-order valence-corrected chi connectivity index (χ4v) is 5.69. The monoisotopic (exact) mass is 477 g/mol. The minimum Gasteiger partial charge on any atom is -0.481 e. The van der Waals surface area contributed by atoms with Gasteiger partial charge in [-0.2, -0.15) is 0 Å². The van der Waals surface area contributed by atoms with Gasteiger partial charge in [0.1, 0.15) is 0 Å². The number of ether oxygens (including phenoxy) is 1. The van der Waals surface area contributed by atoms with Crippen LogP contribution in [0.25, 0.3) is 11.1 Å². The van der Waals surface area contributed by atoms with E-state index in [4.69, 9.17) is 9.84 Å². The summed E-state index contributed by atoms with van der Waals surface area (Å²) in [4.78, 5) is 13.2. The Hall–Kier alpha value is -2.47. The second-order valence-corrected chi connectivity index (χ2v) is 9.95. The highest BCUT2D eigenvalue weighted by atomic mass is 16.5. The first-order chi connectivity index (χ1) is 17.1. The molecule has 5 nitrogen and oxygen atoms in total. The smallest absolute Gasteiger partial charge is 0.303 e. The van der Waals surface area contributed by atoms with Gasteiger partial charge >= 0.3 is 5.97 Å². The van der Waals surface area contributed by atoms with E-state index in [1.54, 1.807) is 0 Å². The third-order valence-corrected chi connectivity index (χ3v) is 7.48. The van der Waals surface area contributed by atoms with Crippen molar-refractivity contribution in [1.29, 1.82) is 0 Å². The number of aliphatic carboxylic acids is 1. The fourth-order valence-electron chi connectivity index (χ4n) is 5.69. The molecule has 188 valence electrons. The molecule has 0 bridgehead atoms. The van der Waals surface area contributed by atoms with E-state index >= 15 is 0 Å². The molecule has 1 saturated carbocycles. The van der Waals surface area contributed by atoms with Gasteiger partial charge in [-0.15, -0.1) is 0 Å². The third kappa shape index (κ3) is 7.26. The standard InChI is InChI=1S/C30H39NO4/c32-27-21-28(35-22-23-15-17-25(18-16-23)24-11-5-3-6-12-24)26(13-7-1-2-8-14-29(33)34)30(27)31-19-9-4-10-20-31/h1-3,5-6,11-12,15-18,26-28,30,32H,4,7-10,13-14,19-22H2,(H,33,34)/b2-1+/t26-,27-,28?,30+/m0/s1. The Bertz CT molecular complexity index is 937. The van der Waals surface area contributed by atoms with Crippen molar-refractivity contribution < 1.29 is 19.7 Å². The Kier molecular flexibility index (Phi) is 9.52. The van der Waals surface area contributed by atoms with Crippen LogP contribution in [0.4, 0.5) is 0 Å². The molecule has 1 unspecified atom stereocenters. The van der Waals surface area contributed by atoms with E-state index in [0.29, 0.717) is 19.4 Å². The zero-order valence-electron chi connectivity index (χ0n) is 20.6. The summed E-state index contributed by atoms with van der Waals surface area (Å²) in [5.41, 5.74) is 3.55. The van der Waals surface area contributed by atoms with Crippen LogP contribution in [0.2, 0.25) is 0 Å². The van der Waals surface area contributed by atoms with Crippen LogP contribution in [0.5, 0.6) is 0 Å². The number of aliphatic hydroxyl groups is 1. The van der Waals surface area contributed by atoms with Crippen molar-refractivity contribution in [2.24, 2.45) is 5.92 Å². The molecule has 0 amide bonds. The second kappa shape index (κ2) is 13.0. The van der Waals surface area contributed by atoms with Gasteiger partial charge in [-0.1, -0.05) is 73.2 Å². The summed E-state index contributed by atoms with van der Waals surface area (Å²) in [6, 6.07) is 19.1. The van der Waals surface area contributed by atoms with Gasteiger partial charge < -0.3 is 14.9 Å². The highest BCUT2D eigenvalue weighted by Gasteiger charge is 2.45. The van der Waals surface area contributed by atoms with Gasteiger partial charge in [0, 0.05) is 24.8 Å². The van der Waals surface area contributed by atoms with Crippen molar-refractivity contribution >= 4 is 5.97 Å². The molecule has 5 heteroatoms. The van der Waals surface area contributed by atoms with Crippen molar-refractivity contribution in [3.63, 3.8) is 0 Å². The van der Waals surface area contributed by atoms with E-state index in [2.05, 4.69) is 59.5 Å². The Morgan fingerprint density at radius 3 is 2.34 bits per heavy atom. The SMILES string of the molecule is O=C(O)CC/C=C/CC[C@H]1C(OCc2ccc(-c3ccccc3)cc2)C[C@H](O)[C@@H]1N1CCCCC1. The van der Waals surface area contributed by atoms with E-state index in [9.17, 15) is 9.90 Å². The number of carboxylic acid groups (broad SMARTS) is 1. The number of likely N-dealkylation sites (tertiary alicyclic amines) is 1. The first-order valence-electron chi connectivity index (χ1n) is 13.2. The second-order valence-electron chi connectivity index (χ2n) is 9.95. The molecule has 0 aromatic heterocycles. The maximum atomic E-state index is 11.0. The van der Waals surface area contributed by atoms with Crippen molar-refractivity contribution in [3.8, 4) is 11.1 Å². The fraction of sp³-hybridized carbons (Fsp3) is 0.500. The highest BCUT2D eigenvalue weighted by Crippen LogP contribution is 2.38. The number of allylic oxidation sites excluding steroid dienone is 2. The molecule has 2 aliphatic rings. The number of carboxylic acids is 1. The predicted molar refractivity (Wildman–Crippen MR) is 139 cm³/mol.